The molecule has 1 aliphatic rings. The van der Waals surface area contributed by atoms with Gasteiger partial charge in [-0.05, 0) is 24.6 Å². The first-order valence-corrected chi connectivity index (χ1v) is 8.73. The van der Waals surface area contributed by atoms with E-state index in [0.717, 1.165) is 10.5 Å². The third kappa shape index (κ3) is 3.61. The summed E-state index contributed by atoms with van der Waals surface area (Å²) in [4.78, 5) is 43.1. The first-order valence-electron chi connectivity index (χ1n) is 8.35. The Morgan fingerprint density at radius 1 is 1.22 bits per heavy atom. The Kier molecular flexibility index (Phi) is 5.10. The maximum absolute atomic E-state index is 13.0. The molecule has 1 atom stereocenters. The Morgan fingerprint density at radius 2 is 1.93 bits per heavy atom. The third-order valence-electron chi connectivity index (χ3n) is 4.46. The number of carbonyl (C=O) groups excluding carboxylic acids is 3. The number of hydrogen-bond donors (Lipinski definition) is 1. The monoisotopic (exact) mass is 383 g/mol. The van der Waals surface area contributed by atoms with Gasteiger partial charge in [0, 0.05) is 25.1 Å². The zero-order chi connectivity index (χ0) is 19.6. The first kappa shape index (κ1) is 18.8. The van der Waals surface area contributed by atoms with E-state index in [1.807, 2.05) is 30.3 Å². The van der Waals surface area contributed by atoms with Crippen LogP contribution in [0, 0.1) is 0 Å². The lowest BCUT2D eigenvalue weighted by Crippen LogP contribution is -2.67. The van der Waals surface area contributed by atoms with Gasteiger partial charge in [0.2, 0.25) is 5.91 Å². The van der Waals surface area contributed by atoms with Crippen molar-refractivity contribution in [1.29, 1.82) is 0 Å². The molecule has 1 saturated heterocycles. The fraction of sp³-hybridized carbons (Fsp3) is 0.200. The lowest BCUT2D eigenvalue weighted by atomic mass is 9.87. The lowest BCUT2D eigenvalue weighted by molar-refractivity contribution is -0.158. The van der Waals surface area contributed by atoms with E-state index in [0.29, 0.717) is 5.56 Å². The molecule has 1 aromatic carbocycles. The van der Waals surface area contributed by atoms with E-state index in [1.54, 1.807) is 19.1 Å². The van der Waals surface area contributed by atoms with E-state index in [2.05, 4.69) is 10.3 Å². The van der Waals surface area contributed by atoms with Crippen LogP contribution < -0.4 is 5.32 Å². The van der Waals surface area contributed by atoms with Gasteiger partial charge in [-0.2, -0.15) is 0 Å². The van der Waals surface area contributed by atoms with Crippen molar-refractivity contribution >= 4 is 35.4 Å². The van der Waals surface area contributed by atoms with Crippen molar-refractivity contribution in [3.63, 3.8) is 0 Å². The smallest absolute Gasteiger partial charge is 0.277 e. The molecular formula is C20H18ClN3O3. The van der Waals surface area contributed by atoms with E-state index in [4.69, 9.17) is 11.6 Å². The molecule has 7 heteroatoms. The Bertz CT molecular complexity index is 942. The van der Waals surface area contributed by atoms with Gasteiger partial charge in [0.25, 0.3) is 11.8 Å². The summed E-state index contributed by atoms with van der Waals surface area (Å²) in [6.45, 7) is 2.86. The normalized spacial score (nSPS) is 21.3. The van der Waals surface area contributed by atoms with Crippen molar-refractivity contribution in [2.45, 2.75) is 25.8 Å². The van der Waals surface area contributed by atoms with Gasteiger partial charge in [0.05, 0.1) is 0 Å². The van der Waals surface area contributed by atoms with Crippen LogP contribution in [0.3, 0.4) is 0 Å². The molecular weight excluding hydrogens is 366 g/mol. The predicted octanol–water partition coefficient (Wildman–Crippen LogP) is 2.58. The van der Waals surface area contributed by atoms with E-state index >= 15 is 0 Å². The van der Waals surface area contributed by atoms with Crippen LogP contribution >= 0.6 is 11.6 Å². The lowest BCUT2D eigenvalue weighted by Gasteiger charge is -2.42. The second kappa shape index (κ2) is 7.32. The van der Waals surface area contributed by atoms with Gasteiger partial charge in [-0.3, -0.25) is 19.3 Å². The molecule has 1 N–H and O–H groups in total. The molecule has 1 aliphatic heterocycles. The van der Waals surface area contributed by atoms with Crippen LogP contribution in [0.2, 0.25) is 5.15 Å². The Balaban J connectivity index is 2.01. The molecule has 0 saturated carbocycles. The van der Waals surface area contributed by atoms with Crippen LogP contribution in [-0.4, -0.2) is 33.1 Å². The minimum absolute atomic E-state index is 0.0179. The largest absolute Gasteiger partial charge is 0.319 e. The molecule has 138 valence electrons. The van der Waals surface area contributed by atoms with Gasteiger partial charge in [0.15, 0.2) is 0 Å². The average Bonchev–Trinajstić information content (AvgIpc) is 2.62. The van der Waals surface area contributed by atoms with Gasteiger partial charge in [-0.25, -0.2) is 4.98 Å². The summed E-state index contributed by atoms with van der Waals surface area (Å²) < 4.78 is 0. The summed E-state index contributed by atoms with van der Waals surface area (Å²) in [6, 6.07) is 12.6. The summed E-state index contributed by atoms with van der Waals surface area (Å²) in [7, 11) is 0. The van der Waals surface area contributed by atoms with Crippen molar-refractivity contribution in [1.82, 2.24) is 15.2 Å². The average molecular weight is 384 g/mol. The summed E-state index contributed by atoms with van der Waals surface area (Å²) in [5.41, 5.74) is -0.0362. The molecule has 1 unspecified atom stereocenters. The van der Waals surface area contributed by atoms with Crippen molar-refractivity contribution in [3.8, 4) is 0 Å². The molecule has 1 aromatic heterocycles. The van der Waals surface area contributed by atoms with Crippen molar-refractivity contribution < 1.29 is 14.4 Å². The number of pyridine rings is 1. The maximum Gasteiger partial charge on any atom is 0.277 e. The molecule has 0 spiro atoms. The second-order valence-electron chi connectivity index (χ2n) is 6.49. The molecule has 27 heavy (non-hydrogen) atoms. The highest BCUT2D eigenvalue weighted by Crippen LogP contribution is 2.28. The van der Waals surface area contributed by atoms with Crippen LogP contribution in [0.5, 0.6) is 0 Å². The number of benzene rings is 1. The minimum atomic E-state index is -1.33. The summed E-state index contributed by atoms with van der Waals surface area (Å²) >= 11 is 6.03. The topological polar surface area (TPSA) is 79.4 Å². The molecule has 2 aromatic rings. The number of carbonyl (C=O) groups is 3. The second-order valence-corrected chi connectivity index (χ2v) is 6.85. The number of nitrogens with one attached hydrogen (secondary N) is 1. The number of hydrogen-bond acceptors (Lipinski definition) is 4. The molecule has 0 radical (unpaired) electrons. The summed E-state index contributed by atoms with van der Waals surface area (Å²) in [5.74, 6) is -1.52. The standard InChI is InChI=1S/C20H18ClN3O3/c1-13(25)24-18(26)16(11-15-9-6-10-22-17(15)21)23-19(27)20(24,2)12-14-7-4-3-5-8-14/h3-11H,12H2,1-2H3,(H,23,27)/b16-11+. The number of aromatic nitrogens is 1. The molecule has 3 rings (SSSR count). The number of imide groups is 1. The van der Waals surface area contributed by atoms with Crippen molar-refractivity contribution in [2.75, 3.05) is 0 Å². The van der Waals surface area contributed by atoms with Crippen molar-refractivity contribution in [3.05, 3.63) is 70.6 Å². The van der Waals surface area contributed by atoms with Gasteiger partial charge >= 0.3 is 0 Å². The Hall–Kier alpha value is -2.99. The zero-order valence-corrected chi connectivity index (χ0v) is 15.7. The fourth-order valence-corrected chi connectivity index (χ4v) is 3.33. The van der Waals surface area contributed by atoms with E-state index in [9.17, 15) is 14.4 Å². The minimum Gasteiger partial charge on any atom is -0.319 e. The molecule has 1 fully saturated rings. The van der Waals surface area contributed by atoms with E-state index < -0.39 is 23.3 Å². The van der Waals surface area contributed by atoms with E-state index in [-0.39, 0.29) is 17.3 Å². The van der Waals surface area contributed by atoms with Crippen molar-refractivity contribution in [2.24, 2.45) is 0 Å². The highest BCUT2D eigenvalue weighted by atomic mass is 35.5. The molecule has 0 aliphatic carbocycles. The molecule has 6 nitrogen and oxygen atoms in total. The van der Waals surface area contributed by atoms with Crippen LogP contribution in [0.25, 0.3) is 6.08 Å². The van der Waals surface area contributed by atoms with Gasteiger partial charge in [-0.15, -0.1) is 0 Å². The quantitative estimate of drug-likeness (QED) is 0.652. The number of nitrogens with zero attached hydrogens (tertiary/aromatic N) is 2. The van der Waals surface area contributed by atoms with Gasteiger partial charge in [-0.1, -0.05) is 48.0 Å². The van der Waals surface area contributed by atoms with E-state index in [1.165, 1.54) is 19.2 Å². The van der Waals surface area contributed by atoms with Crippen LogP contribution in [0.15, 0.2) is 54.4 Å². The Labute approximate surface area is 161 Å². The molecule has 0 bridgehead atoms. The summed E-state index contributed by atoms with van der Waals surface area (Å²) in [5, 5.41) is 2.82. The van der Waals surface area contributed by atoms with Crippen LogP contribution in [0.4, 0.5) is 0 Å². The molecule has 2 heterocycles. The first-order chi connectivity index (χ1) is 12.8. The highest BCUT2D eigenvalue weighted by Gasteiger charge is 2.49. The van der Waals surface area contributed by atoms with Crippen LogP contribution in [-0.2, 0) is 20.8 Å². The number of rotatable bonds is 3. The number of amides is 3. The predicted molar refractivity (Wildman–Crippen MR) is 101 cm³/mol. The highest BCUT2D eigenvalue weighted by molar-refractivity contribution is 6.31. The third-order valence-corrected chi connectivity index (χ3v) is 4.77. The van der Waals surface area contributed by atoms with Crippen LogP contribution in [0.1, 0.15) is 25.0 Å². The summed E-state index contributed by atoms with van der Waals surface area (Å²) in [6.07, 6.45) is 3.16. The zero-order valence-electron chi connectivity index (χ0n) is 14.9. The fourth-order valence-electron chi connectivity index (χ4n) is 3.16. The van der Waals surface area contributed by atoms with Gasteiger partial charge < -0.3 is 5.32 Å². The number of halogens is 1. The molecule has 3 amide bonds. The number of piperazine rings is 1. The van der Waals surface area contributed by atoms with Gasteiger partial charge in [0.1, 0.15) is 16.4 Å². The Morgan fingerprint density at radius 3 is 2.56 bits per heavy atom. The SMILES string of the molecule is CC(=O)N1C(=O)/C(=C\c2cccnc2Cl)NC(=O)C1(C)Cc1ccccc1. The maximum atomic E-state index is 13.0.